The Kier molecular flexibility index (Phi) is 4.02. The van der Waals surface area contributed by atoms with Gasteiger partial charge in [-0.3, -0.25) is 5.01 Å². The van der Waals surface area contributed by atoms with Gasteiger partial charge in [0.05, 0.1) is 6.04 Å². The van der Waals surface area contributed by atoms with Crippen molar-refractivity contribution < 1.29 is 5.11 Å². The highest BCUT2D eigenvalue weighted by molar-refractivity contribution is 6.68. The molecule has 18 heavy (non-hydrogen) atoms. The molecular formula is C14H23ClN2O. The maximum atomic E-state index is 9.94. The van der Waals surface area contributed by atoms with Gasteiger partial charge in [0.2, 0.25) is 0 Å². The number of hydrogen-bond donors (Lipinski definition) is 1. The number of allylic oxidation sites excluding steroid dienone is 1. The molecule has 1 heterocycles. The maximum absolute atomic E-state index is 9.94. The molecule has 3 nitrogen and oxygen atoms in total. The Balaban J connectivity index is 1.96. The van der Waals surface area contributed by atoms with E-state index in [1.165, 1.54) is 12.8 Å². The Bertz CT molecular complexity index is 351. The Morgan fingerprint density at radius 1 is 1.28 bits per heavy atom. The highest BCUT2D eigenvalue weighted by atomic mass is 35.5. The molecule has 0 spiro atoms. The van der Waals surface area contributed by atoms with E-state index in [1.54, 1.807) is 17.2 Å². The highest BCUT2D eigenvalue weighted by Crippen LogP contribution is 2.39. The van der Waals surface area contributed by atoms with E-state index in [0.29, 0.717) is 16.6 Å². The van der Waals surface area contributed by atoms with Crippen LogP contribution in [0.3, 0.4) is 0 Å². The third kappa shape index (κ3) is 3.07. The molecule has 1 fully saturated rings. The van der Waals surface area contributed by atoms with E-state index in [2.05, 4.69) is 25.9 Å². The van der Waals surface area contributed by atoms with E-state index in [9.17, 15) is 5.11 Å². The molecular weight excluding hydrogens is 248 g/mol. The predicted octanol–water partition coefficient (Wildman–Crippen LogP) is 3.33. The first-order valence-electron chi connectivity index (χ1n) is 6.76. The molecule has 1 aliphatic heterocycles. The van der Waals surface area contributed by atoms with Crippen molar-refractivity contribution in [3.8, 4) is 0 Å². The largest absolute Gasteiger partial charge is 0.369 e. The lowest BCUT2D eigenvalue weighted by molar-refractivity contribution is -0.0135. The number of rotatable bonds is 1. The van der Waals surface area contributed by atoms with Crippen LogP contribution in [0.4, 0.5) is 0 Å². The second-order valence-corrected chi connectivity index (χ2v) is 6.83. The smallest absolute Gasteiger partial charge is 0.162 e. The Hall–Kier alpha value is -0.540. The Morgan fingerprint density at radius 2 is 1.89 bits per heavy atom. The van der Waals surface area contributed by atoms with Crippen molar-refractivity contribution in [1.29, 1.82) is 0 Å². The average molecular weight is 271 g/mol. The summed E-state index contributed by atoms with van der Waals surface area (Å²) in [5.74, 6) is 0.769. The normalized spacial score (nSPS) is 33.5. The van der Waals surface area contributed by atoms with Crippen molar-refractivity contribution in [2.45, 2.75) is 58.7 Å². The molecule has 1 saturated carbocycles. The molecule has 102 valence electrons. The minimum Gasteiger partial charge on any atom is -0.369 e. The van der Waals surface area contributed by atoms with Gasteiger partial charge < -0.3 is 5.11 Å². The molecule has 0 saturated heterocycles. The number of nitrogens with zero attached hydrogens (tertiary/aromatic N) is 2. The summed E-state index contributed by atoms with van der Waals surface area (Å²) in [4.78, 5) is 0. The Labute approximate surface area is 115 Å². The molecule has 0 aromatic heterocycles. The summed E-state index contributed by atoms with van der Waals surface area (Å²) < 4.78 is 0. The molecule has 2 rings (SSSR count). The van der Waals surface area contributed by atoms with Crippen molar-refractivity contribution >= 4 is 16.8 Å². The first-order chi connectivity index (χ1) is 8.38. The van der Waals surface area contributed by atoms with E-state index < -0.39 is 6.23 Å². The number of aliphatic hydroxyl groups excluding tert-OH is 1. The molecule has 0 aromatic rings. The molecule has 4 heteroatoms. The fraction of sp³-hybridized carbons (Fsp3) is 0.786. The van der Waals surface area contributed by atoms with Crippen LogP contribution in [0.25, 0.3) is 0 Å². The number of aliphatic hydroxyl groups is 1. The SMILES string of the molecule is CC(C)(C)C1CCC(N2N=C(Cl)C=CC2O)CC1. The molecule has 2 aliphatic rings. The van der Waals surface area contributed by atoms with Crippen LogP contribution in [0.1, 0.15) is 46.5 Å². The van der Waals surface area contributed by atoms with Gasteiger partial charge in [-0.1, -0.05) is 32.4 Å². The molecule has 0 aromatic carbocycles. The van der Waals surface area contributed by atoms with Gasteiger partial charge in [0.15, 0.2) is 6.23 Å². The summed E-state index contributed by atoms with van der Waals surface area (Å²) in [6, 6.07) is 0.317. The summed E-state index contributed by atoms with van der Waals surface area (Å²) in [6.45, 7) is 6.93. The van der Waals surface area contributed by atoms with E-state index in [-0.39, 0.29) is 0 Å². The van der Waals surface area contributed by atoms with Gasteiger partial charge in [0.1, 0.15) is 5.17 Å². The fourth-order valence-corrected chi connectivity index (χ4v) is 3.12. The monoisotopic (exact) mass is 270 g/mol. The molecule has 1 atom stereocenters. The zero-order chi connectivity index (χ0) is 13.3. The summed E-state index contributed by atoms with van der Waals surface area (Å²) in [5.41, 5.74) is 0.381. The van der Waals surface area contributed by atoms with Gasteiger partial charge in [-0.15, -0.1) is 0 Å². The second kappa shape index (κ2) is 5.22. The van der Waals surface area contributed by atoms with E-state index in [1.807, 2.05) is 0 Å². The Morgan fingerprint density at radius 3 is 2.44 bits per heavy atom. The minimum atomic E-state index is -0.622. The molecule has 0 amide bonds. The van der Waals surface area contributed by atoms with Gasteiger partial charge >= 0.3 is 0 Å². The van der Waals surface area contributed by atoms with E-state index in [4.69, 9.17) is 11.6 Å². The van der Waals surface area contributed by atoms with E-state index in [0.717, 1.165) is 18.8 Å². The summed E-state index contributed by atoms with van der Waals surface area (Å²) >= 11 is 5.91. The lowest BCUT2D eigenvalue weighted by Crippen LogP contribution is -2.43. The van der Waals surface area contributed by atoms with Crippen LogP contribution in [0.2, 0.25) is 0 Å². The minimum absolute atomic E-state index is 0.317. The highest BCUT2D eigenvalue weighted by Gasteiger charge is 2.33. The number of hydrazone groups is 1. The van der Waals surface area contributed by atoms with Crippen LogP contribution in [0.5, 0.6) is 0 Å². The molecule has 0 bridgehead atoms. The van der Waals surface area contributed by atoms with Crippen LogP contribution in [-0.2, 0) is 0 Å². The van der Waals surface area contributed by atoms with Crippen molar-refractivity contribution in [2.75, 3.05) is 0 Å². The van der Waals surface area contributed by atoms with Crippen molar-refractivity contribution in [3.63, 3.8) is 0 Å². The number of halogens is 1. The zero-order valence-electron chi connectivity index (χ0n) is 11.4. The third-order valence-electron chi connectivity index (χ3n) is 4.18. The third-order valence-corrected chi connectivity index (χ3v) is 4.39. The van der Waals surface area contributed by atoms with Crippen molar-refractivity contribution in [3.05, 3.63) is 12.2 Å². The lowest BCUT2D eigenvalue weighted by Gasteiger charge is -2.41. The number of hydrogen-bond acceptors (Lipinski definition) is 3. The summed E-state index contributed by atoms with van der Waals surface area (Å²) in [6.07, 6.45) is 7.31. The summed E-state index contributed by atoms with van der Waals surface area (Å²) in [7, 11) is 0. The first kappa shape index (κ1) is 13.9. The standard InChI is InChI=1S/C14H23ClN2O/c1-14(2,3)10-4-6-11(7-5-10)17-13(18)9-8-12(15)16-17/h8-11,13,18H,4-7H2,1-3H3. The van der Waals surface area contributed by atoms with Gasteiger partial charge in [0, 0.05) is 0 Å². The molecule has 1 N–H and O–H groups in total. The first-order valence-corrected chi connectivity index (χ1v) is 7.14. The lowest BCUT2D eigenvalue weighted by atomic mass is 9.71. The van der Waals surface area contributed by atoms with Gasteiger partial charge in [-0.2, -0.15) is 5.10 Å². The van der Waals surface area contributed by atoms with Crippen LogP contribution in [0.15, 0.2) is 17.3 Å². The molecule has 1 aliphatic carbocycles. The van der Waals surface area contributed by atoms with Crippen molar-refractivity contribution in [2.24, 2.45) is 16.4 Å². The van der Waals surface area contributed by atoms with Crippen LogP contribution in [0, 0.1) is 11.3 Å². The molecule has 0 radical (unpaired) electrons. The quantitative estimate of drug-likeness (QED) is 0.793. The van der Waals surface area contributed by atoms with Crippen LogP contribution < -0.4 is 0 Å². The molecule has 1 unspecified atom stereocenters. The van der Waals surface area contributed by atoms with Gasteiger partial charge in [-0.25, -0.2) is 0 Å². The van der Waals surface area contributed by atoms with Crippen LogP contribution in [-0.4, -0.2) is 27.6 Å². The van der Waals surface area contributed by atoms with Gasteiger partial charge in [-0.05, 0) is 49.2 Å². The van der Waals surface area contributed by atoms with E-state index >= 15 is 0 Å². The fourth-order valence-electron chi connectivity index (χ4n) is 2.96. The second-order valence-electron chi connectivity index (χ2n) is 6.45. The van der Waals surface area contributed by atoms with Crippen LogP contribution >= 0.6 is 11.6 Å². The van der Waals surface area contributed by atoms with Crippen molar-refractivity contribution in [1.82, 2.24) is 5.01 Å². The van der Waals surface area contributed by atoms with Gasteiger partial charge in [0.25, 0.3) is 0 Å². The average Bonchev–Trinajstić information content (AvgIpc) is 2.31. The maximum Gasteiger partial charge on any atom is 0.162 e. The predicted molar refractivity (Wildman–Crippen MR) is 75.5 cm³/mol. The summed E-state index contributed by atoms with van der Waals surface area (Å²) in [5, 5.41) is 16.4. The zero-order valence-corrected chi connectivity index (χ0v) is 12.2. The topological polar surface area (TPSA) is 35.8 Å².